The zero-order chi connectivity index (χ0) is 7.56. The summed E-state index contributed by atoms with van der Waals surface area (Å²) in [6, 6.07) is -0.0926. The van der Waals surface area contributed by atoms with Crippen molar-refractivity contribution in [2.24, 2.45) is 0 Å². The Bertz CT molecular complexity index is 136. The van der Waals surface area contributed by atoms with E-state index in [2.05, 4.69) is 11.8 Å². The predicted octanol–water partition coefficient (Wildman–Crippen LogP) is 0.415. The average Bonchev–Trinajstić information content (AvgIpc) is 2.34. The van der Waals surface area contributed by atoms with Gasteiger partial charge in [0.05, 0.1) is 13.2 Å². The standard InChI is InChI=1S/C7H12NO2/c1-8-5-3-4-6(8)7(9)10-2/h6H,1,3-5H2,2H3/q-1. The predicted molar refractivity (Wildman–Crippen MR) is 37.1 cm³/mol. The van der Waals surface area contributed by atoms with Gasteiger partial charge in [0.2, 0.25) is 0 Å². The summed E-state index contributed by atoms with van der Waals surface area (Å²) in [5, 5.41) is 0. The van der Waals surface area contributed by atoms with Gasteiger partial charge in [0.25, 0.3) is 0 Å². The van der Waals surface area contributed by atoms with E-state index in [0.29, 0.717) is 0 Å². The summed E-state index contributed by atoms with van der Waals surface area (Å²) in [7, 11) is 5.13. The van der Waals surface area contributed by atoms with E-state index in [1.165, 1.54) is 7.11 Å². The van der Waals surface area contributed by atoms with Crippen LogP contribution in [0, 0.1) is 7.05 Å². The molecule has 0 bridgehead atoms. The molecule has 10 heavy (non-hydrogen) atoms. The Morgan fingerprint density at radius 2 is 2.50 bits per heavy atom. The van der Waals surface area contributed by atoms with Crippen LogP contribution in [0.4, 0.5) is 0 Å². The maximum atomic E-state index is 10.9. The first-order valence-corrected chi connectivity index (χ1v) is 3.40. The van der Waals surface area contributed by atoms with Crippen molar-refractivity contribution >= 4 is 5.97 Å². The molecule has 1 aliphatic rings. The van der Waals surface area contributed by atoms with Crippen LogP contribution in [0.15, 0.2) is 0 Å². The molecular formula is C7H12NO2-. The Morgan fingerprint density at radius 1 is 1.80 bits per heavy atom. The molecule has 1 aliphatic heterocycles. The van der Waals surface area contributed by atoms with Crippen molar-refractivity contribution in [2.45, 2.75) is 18.9 Å². The molecule has 1 heterocycles. The highest BCUT2D eigenvalue weighted by Crippen LogP contribution is 2.16. The van der Waals surface area contributed by atoms with Crippen molar-refractivity contribution in [1.82, 2.24) is 4.90 Å². The molecule has 1 unspecified atom stereocenters. The van der Waals surface area contributed by atoms with Crippen molar-refractivity contribution in [1.29, 1.82) is 0 Å². The molecule has 3 heteroatoms. The summed E-state index contributed by atoms with van der Waals surface area (Å²) in [6.45, 7) is 0.903. The lowest BCUT2D eigenvalue weighted by molar-refractivity contribution is -0.145. The van der Waals surface area contributed by atoms with Crippen molar-refractivity contribution in [2.75, 3.05) is 13.7 Å². The number of hydrogen-bond donors (Lipinski definition) is 0. The first-order valence-electron chi connectivity index (χ1n) is 3.40. The molecule has 0 spiro atoms. The number of rotatable bonds is 1. The molecule has 0 aromatic rings. The third-order valence-electron chi connectivity index (χ3n) is 1.84. The van der Waals surface area contributed by atoms with Crippen LogP contribution >= 0.6 is 0 Å². The maximum absolute atomic E-state index is 10.9. The van der Waals surface area contributed by atoms with Crippen LogP contribution in [-0.2, 0) is 9.53 Å². The van der Waals surface area contributed by atoms with Gasteiger partial charge >= 0.3 is 5.97 Å². The van der Waals surface area contributed by atoms with Crippen LogP contribution < -0.4 is 0 Å². The van der Waals surface area contributed by atoms with E-state index in [-0.39, 0.29) is 12.0 Å². The molecule has 0 N–H and O–H groups in total. The Hall–Kier alpha value is -0.570. The molecule has 0 radical (unpaired) electrons. The summed E-state index contributed by atoms with van der Waals surface area (Å²) in [5.41, 5.74) is 0. The SMILES string of the molecule is [CH2-]N1CCCC1C(=O)OC. The number of esters is 1. The molecule has 1 rings (SSSR count). The molecule has 58 valence electrons. The third kappa shape index (κ3) is 1.29. The quantitative estimate of drug-likeness (QED) is 0.392. The second-order valence-electron chi connectivity index (χ2n) is 2.49. The summed E-state index contributed by atoms with van der Waals surface area (Å²) in [5.74, 6) is -0.160. The van der Waals surface area contributed by atoms with E-state index in [1.807, 2.05) is 0 Å². The molecule has 3 nitrogen and oxygen atoms in total. The molecule has 0 saturated carbocycles. The zero-order valence-corrected chi connectivity index (χ0v) is 6.17. The van der Waals surface area contributed by atoms with Crippen molar-refractivity contribution < 1.29 is 9.53 Å². The highest BCUT2D eigenvalue weighted by atomic mass is 16.5. The fraction of sp³-hybridized carbons (Fsp3) is 0.714. The summed E-state index contributed by atoms with van der Waals surface area (Å²) < 4.78 is 4.58. The second-order valence-corrected chi connectivity index (χ2v) is 2.49. The molecule has 1 saturated heterocycles. The number of ether oxygens (including phenoxy) is 1. The monoisotopic (exact) mass is 142 g/mol. The van der Waals surface area contributed by atoms with Crippen molar-refractivity contribution in [3.8, 4) is 0 Å². The Balaban J connectivity index is 2.46. The lowest BCUT2D eigenvalue weighted by Crippen LogP contribution is -2.32. The molecule has 0 aromatic heterocycles. The topological polar surface area (TPSA) is 29.5 Å². The lowest BCUT2D eigenvalue weighted by Gasteiger charge is -2.24. The van der Waals surface area contributed by atoms with Gasteiger partial charge in [-0.05, 0) is 19.4 Å². The zero-order valence-electron chi connectivity index (χ0n) is 6.17. The van der Waals surface area contributed by atoms with Gasteiger partial charge < -0.3 is 9.64 Å². The highest BCUT2D eigenvalue weighted by molar-refractivity contribution is 5.75. The first kappa shape index (κ1) is 7.54. The molecule has 0 aliphatic carbocycles. The van der Waals surface area contributed by atoms with E-state index >= 15 is 0 Å². The molecule has 1 atom stereocenters. The molecule has 0 aromatic carbocycles. The van der Waals surface area contributed by atoms with Crippen LogP contribution in [0.2, 0.25) is 0 Å². The molecule has 0 amide bonds. The normalized spacial score (nSPS) is 26.8. The van der Waals surface area contributed by atoms with Crippen LogP contribution in [0.5, 0.6) is 0 Å². The number of carbonyl (C=O) groups excluding carboxylic acids is 1. The number of likely N-dealkylation sites (tertiary alicyclic amines) is 1. The Labute approximate surface area is 61.0 Å². The fourth-order valence-electron chi connectivity index (χ4n) is 1.23. The summed E-state index contributed by atoms with van der Waals surface area (Å²) in [4.78, 5) is 12.7. The van der Waals surface area contributed by atoms with Crippen LogP contribution in [0.1, 0.15) is 12.8 Å². The average molecular weight is 142 g/mol. The van der Waals surface area contributed by atoms with Gasteiger partial charge in [-0.2, -0.15) is 0 Å². The Morgan fingerprint density at radius 3 is 2.90 bits per heavy atom. The van der Waals surface area contributed by atoms with Crippen molar-refractivity contribution in [3.05, 3.63) is 7.05 Å². The number of methoxy groups -OCH3 is 1. The third-order valence-corrected chi connectivity index (χ3v) is 1.84. The minimum atomic E-state index is -0.160. The Kier molecular flexibility index (Phi) is 2.27. The smallest absolute Gasteiger partial charge is 0.320 e. The van der Waals surface area contributed by atoms with E-state index in [4.69, 9.17) is 0 Å². The van der Waals surface area contributed by atoms with E-state index in [0.717, 1.165) is 19.4 Å². The van der Waals surface area contributed by atoms with Gasteiger partial charge in [-0.1, -0.05) is 0 Å². The number of carbonyl (C=O) groups is 1. The minimum absolute atomic E-state index is 0.0926. The highest BCUT2D eigenvalue weighted by Gasteiger charge is 2.23. The largest absolute Gasteiger partial charge is 0.468 e. The second kappa shape index (κ2) is 3.01. The first-order chi connectivity index (χ1) is 4.75. The summed E-state index contributed by atoms with van der Waals surface area (Å²) in [6.07, 6.45) is 1.93. The van der Waals surface area contributed by atoms with E-state index < -0.39 is 0 Å². The van der Waals surface area contributed by atoms with E-state index in [9.17, 15) is 4.79 Å². The van der Waals surface area contributed by atoms with E-state index in [1.54, 1.807) is 4.90 Å². The lowest BCUT2D eigenvalue weighted by atomic mass is 10.2. The van der Waals surface area contributed by atoms with Gasteiger partial charge in [-0.25, -0.2) is 0 Å². The van der Waals surface area contributed by atoms with Gasteiger partial charge in [-0.15, -0.1) is 0 Å². The van der Waals surface area contributed by atoms with Gasteiger partial charge in [0.15, 0.2) is 0 Å². The van der Waals surface area contributed by atoms with Crippen LogP contribution in [0.25, 0.3) is 0 Å². The van der Waals surface area contributed by atoms with Crippen LogP contribution in [-0.4, -0.2) is 30.6 Å². The molecule has 1 fully saturated rings. The van der Waals surface area contributed by atoms with Crippen LogP contribution in [0.3, 0.4) is 0 Å². The number of hydrogen-bond acceptors (Lipinski definition) is 3. The minimum Gasteiger partial charge on any atom is -0.468 e. The van der Waals surface area contributed by atoms with Gasteiger partial charge in [0, 0.05) is 0 Å². The fourth-order valence-corrected chi connectivity index (χ4v) is 1.23. The maximum Gasteiger partial charge on any atom is 0.320 e. The van der Waals surface area contributed by atoms with Crippen molar-refractivity contribution in [3.63, 3.8) is 0 Å². The number of nitrogens with zero attached hydrogens (tertiary/aromatic N) is 1. The van der Waals surface area contributed by atoms with Gasteiger partial charge in [-0.3, -0.25) is 11.8 Å². The van der Waals surface area contributed by atoms with Gasteiger partial charge in [0.1, 0.15) is 0 Å². The molecular weight excluding hydrogens is 130 g/mol. The summed E-state index contributed by atoms with van der Waals surface area (Å²) >= 11 is 0.